The second-order valence-electron chi connectivity index (χ2n) is 4.94. The molecule has 0 saturated carbocycles. The first kappa shape index (κ1) is 14.6. The first-order chi connectivity index (χ1) is 9.58. The van der Waals surface area contributed by atoms with Crippen LogP contribution in [-0.4, -0.2) is 63.8 Å². The number of nitrogens with zero attached hydrogens (tertiary/aromatic N) is 5. The lowest BCUT2D eigenvalue weighted by Gasteiger charge is -2.12. The van der Waals surface area contributed by atoms with Crippen molar-refractivity contribution in [3.8, 4) is 0 Å². The maximum Gasteiger partial charge on any atom is 0.352 e. The number of aliphatic hydroxyl groups excluding tert-OH is 1. The molecule has 0 amide bonds. The van der Waals surface area contributed by atoms with Crippen molar-refractivity contribution < 1.29 is 9.84 Å². The molecule has 1 aliphatic rings. The van der Waals surface area contributed by atoms with E-state index in [4.69, 9.17) is 9.84 Å². The van der Waals surface area contributed by atoms with Crippen LogP contribution in [0.2, 0.25) is 0 Å². The number of aliphatic imine (C=N–C) groups is 1. The van der Waals surface area contributed by atoms with Gasteiger partial charge in [-0.2, -0.15) is 4.98 Å². The summed E-state index contributed by atoms with van der Waals surface area (Å²) in [5.74, 6) is 0.139. The van der Waals surface area contributed by atoms with Gasteiger partial charge in [0.2, 0.25) is 0 Å². The van der Waals surface area contributed by atoms with Gasteiger partial charge in [-0.3, -0.25) is 4.57 Å². The van der Waals surface area contributed by atoms with Gasteiger partial charge >= 0.3 is 5.69 Å². The Morgan fingerprint density at radius 1 is 1.55 bits per heavy atom. The maximum absolute atomic E-state index is 11.8. The molecule has 1 N–H and O–H groups in total. The van der Waals surface area contributed by atoms with Crippen molar-refractivity contribution in [3.63, 3.8) is 0 Å². The number of rotatable bonds is 5. The summed E-state index contributed by atoms with van der Waals surface area (Å²) in [7, 11) is 3.64. The highest BCUT2D eigenvalue weighted by Gasteiger charge is 2.25. The molecule has 1 saturated heterocycles. The van der Waals surface area contributed by atoms with Crippen LogP contribution in [0.25, 0.3) is 0 Å². The van der Waals surface area contributed by atoms with E-state index < -0.39 is 5.69 Å². The molecule has 0 unspecified atom stereocenters. The van der Waals surface area contributed by atoms with Gasteiger partial charge in [-0.25, -0.2) is 14.8 Å². The van der Waals surface area contributed by atoms with Gasteiger partial charge in [-0.1, -0.05) is 0 Å². The largest absolute Gasteiger partial charge is 0.394 e. The van der Waals surface area contributed by atoms with Gasteiger partial charge in [0.15, 0.2) is 0 Å². The third kappa shape index (κ3) is 3.84. The molecule has 1 aromatic rings. The summed E-state index contributed by atoms with van der Waals surface area (Å²) < 4.78 is 6.98. The zero-order chi connectivity index (χ0) is 14.5. The number of ether oxygens (including phenoxy) is 1. The molecule has 8 nitrogen and oxygen atoms in total. The summed E-state index contributed by atoms with van der Waals surface area (Å²) in [6.45, 7) is 0.410. The predicted octanol–water partition coefficient (Wildman–Crippen LogP) is -0.600. The average Bonchev–Trinajstić information content (AvgIpc) is 2.87. The van der Waals surface area contributed by atoms with Crippen LogP contribution in [-0.2, 0) is 11.3 Å². The Morgan fingerprint density at radius 2 is 2.30 bits per heavy atom. The molecule has 1 fully saturated rings. The highest BCUT2D eigenvalue weighted by atomic mass is 16.5. The van der Waals surface area contributed by atoms with Gasteiger partial charge in [0.25, 0.3) is 5.95 Å². The minimum absolute atomic E-state index is 0.0140. The Kier molecular flexibility index (Phi) is 4.80. The van der Waals surface area contributed by atoms with Crippen molar-refractivity contribution in [1.82, 2.24) is 19.4 Å². The van der Waals surface area contributed by atoms with E-state index in [1.54, 1.807) is 4.90 Å². The summed E-state index contributed by atoms with van der Waals surface area (Å²) in [6.07, 6.45) is 4.38. The highest BCUT2D eigenvalue weighted by Crippen LogP contribution is 2.20. The second-order valence-corrected chi connectivity index (χ2v) is 4.94. The first-order valence-corrected chi connectivity index (χ1v) is 6.49. The fraction of sp³-hybridized carbons (Fsp3) is 0.667. The van der Waals surface area contributed by atoms with Crippen LogP contribution in [0.5, 0.6) is 0 Å². The molecular weight excluding hydrogens is 262 g/mol. The second kappa shape index (κ2) is 6.58. The van der Waals surface area contributed by atoms with E-state index in [1.165, 1.54) is 17.2 Å². The van der Waals surface area contributed by atoms with E-state index in [-0.39, 0.29) is 24.8 Å². The minimum Gasteiger partial charge on any atom is -0.394 e. The van der Waals surface area contributed by atoms with Crippen molar-refractivity contribution in [1.29, 1.82) is 0 Å². The molecule has 0 spiro atoms. The molecule has 2 rings (SSSR count). The topological polar surface area (TPSA) is 92.8 Å². The fourth-order valence-electron chi connectivity index (χ4n) is 1.97. The molecular formula is C12H19N5O3. The molecule has 0 bridgehead atoms. The summed E-state index contributed by atoms with van der Waals surface area (Å²) in [4.78, 5) is 25.3. The van der Waals surface area contributed by atoms with Crippen LogP contribution < -0.4 is 5.69 Å². The third-order valence-corrected chi connectivity index (χ3v) is 2.96. The summed E-state index contributed by atoms with van der Waals surface area (Å²) in [5, 5.41) is 9.01. The molecule has 0 aliphatic carbocycles. The number of aromatic nitrogens is 3. The molecule has 20 heavy (non-hydrogen) atoms. The molecule has 8 heteroatoms. The Morgan fingerprint density at radius 3 is 2.90 bits per heavy atom. The number of hydrogen-bond acceptors (Lipinski definition) is 6. The zero-order valence-corrected chi connectivity index (χ0v) is 11.6. The highest BCUT2D eigenvalue weighted by molar-refractivity contribution is 5.57. The molecule has 2 heterocycles. The summed E-state index contributed by atoms with van der Waals surface area (Å²) in [6, 6.07) is 0. The van der Waals surface area contributed by atoms with E-state index in [2.05, 4.69) is 15.0 Å². The van der Waals surface area contributed by atoms with Gasteiger partial charge in [-0.05, 0) is 12.8 Å². The van der Waals surface area contributed by atoms with Gasteiger partial charge < -0.3 is 14.7 Å². The Hall–Kier alpha value is -1.80. The molecule has 2 atom stereocenters. The van der Waals surface area contributed by atoms with Crippen LogP contribution in [0.15, 0.2) is 16.1 Å². The Labute approximate surface area is 116 Å². The van der Waals surface area contributed by atoms with Crippen molar-refractivity contribution in [3.05, 3.63) is 16.8 Å². The number of hydrogen-bond donors (Lipinski definition) is 1. The predicted molar refractivity (Wildman–Crippen MR) is 73.1 cm³/mol. The SMILES string of the molecule is CN(C)C=Nc1ncn(C[C@H]2CC[C@@H](CO)O2)c(=O)n1. The zero-order valence-electron chi connectivity index (χ0n) is 11.6. The lowest BCUT2D eigenvalue weighted by atomic mass is 10.2. The summed E-state index contributed by atoms with van der Waals surface area (Å²) >= 11 is 0. The van der Waals surface area contributed by atoms with Crippen molar-refractivity contribution in [2.45, 2.75) is 31.6 Å². The van der Waals surface area contributed by atoms with Crippen LogP contribution in [0.1, 0.15) is 12.8 Å². The van der Waals surface area contributed by atoms with Crippen LogP contribution >= 0.6 is 0 Å². The van der Waals surface area contributed by atoms with Crippen LogP contribution in [0, 0.1) is 0 Å². The van der Waals surface area contributed by atoms with Gasteiger partial charge in [0.05, 0.1) is 31.7 Å². The van der Waals surface area contributed by atoms with Crippen molar-refractivity contribution >= 4 is 12.3 Å². The van der Waals surface area contributed by atoms with Crippen LogP contribution in [0.4, 0.5) is 5.95 Å². The van der Waals surface area contributed by atoms with E-state index in [0.717, 1.165) is 12.8 Å². The van der Waals surface area contributed by atoms with E-state index >= 15 is 0 Å². The monoisotopic (exact) mass is 281 g/mol. The van der Waals surface area contributed by atoms with E-state index in [0.29, 0.717) is 6.54 Å². The standard InChI is InChI=1S/C12H19N5O3/c1-16(2)7-13-11-14-8-17(12(19)15-11)5-9-3-4-10(6-18)20-9/h7-10,18H,3-6H2,1-2H3/t9-,10+/m1/s1. The van der Waals surface area contributed by atoms with Crippen molar-refractivity contribution in [2.24, 2.45) is 4.99 Å². The average molecular weight is 281 g/mol. The van der Waals surface area contributed by atoms with Crippen molar-refractivity contribution in [2.75, 3.05) is 20.7 Å². The summed E-state index contributed by atoms with van der Waals surface area (Å²) in [5.41, 5.74) is -0.401. The minimum atomic E-state index is -0.401. The molecule has 1 aromatic heterocycles. The molecule has 0 radical (unpaired) electrons. The quantitative estimate of drug-likeness (QED) is 0.572. The maximum atomic E-state index is 11.8. The normalized spacial score (nSPS) is 22.6. The van der Waals surface area contributed by atoms with Gasteiger partial charge in [0.1, 0.15) is 6.33 Å². The first-order valence-electron chi connectivity index (χ1n) is 6.49. The lowest BCUT2D eigenvalue weighted by Crippen LogP contribution is -2.29. The molecule has 0 aromatic carbocycles. The Balaban J connectivity index is 2.01. The van der Waals surface area contributed by atoms with Gasteiger partial charge in [-0.15, -0.1) is 0 Å². The third-order valence-electron chi connectivity index (χ3n) is 2.96. The lowest BCUT2D eigenvalue weighted by molar-refractivity contribution is 0.00434. The van der Waals surface area contributed by atoms with E-state index in [9.17, 15) is 4.79 Å². The Bertz CT molecular complexity index is 528. The van der Waals surface area contributed by atoms with Crippen LogP contribution in [0.3, 0.4) is 0 Å². The van der Waals surface area contributed by atoms with Gasteiger partial charge in [0, 0.05) is 14.1 Å². The fourth-order valence-corrected chi connectivity index (χ4v) is 1.97. The van der Waals surface area contributed by atoms with E-state index in [1.807, 2.05) is 14.1 Å². The smallest absolute Gasteiger partial charge is 0.352 e. The number of aliphatic hydroxyl groups is 1. The molecule has 110 valence electrons. The molecule has 1 aliphatic heterocycles.